The number of benzene rings is 2. The van der Waals surface area contributed by atoms with Gasteiger partial charge in [-0.25, -0.2) is 8.42 Å². The van der Waals surface area contributed by atoms with Crippen LogP contribution in [0.15, 0.2) is 58.5 Å². The van der Waals surface area contributed by atoms with E-state index in [0.29, 0.717) is 0 Å². The number of aryl methyl sites for hydroxylation is 3. The van der Waals surface area contributed by atoms with Crippen LogP contribution < -0.4 is 9.47 Å². The Bertz CT molecular complexity index is 1210. The van der Waals surface area contributed by atoms with E-state index in [-0.39, 0.29) is 0 Å². The van der Waals surface area contributed by atoms with E-state index < -0.39 is 10.4 Å². The van der Waals surface area contributed by atoms with Crippen molar-refractivity contribution in [3.05, 3.63) is 70.4 Å². The number of aromatic nitrogens is 1. The predicted molar refractivity (Wildman–Crippen MR) is 116 cm³/mol. The van der Waals surface area contributed by atoms with Gasteiger partial charge in [0.05, 0.1) is 10.7 Å². The van der Waals surface area contributed by atoms with Gasteiger partial charge in [-0.15, -0.1) is 0 Å². The van der Waals surface area contributed by atoms with Crippen LogP contribution in [0.1, 0.15) is 16.8 Å². The lowest BCUT2D eigenvalue weighted by Gasteiger charge is -2.15. The van der Waals surface area contributed by atoms with E-state index in [9.17, 15) is 0 Å². The largest absolute Gasteiger partial charge is 0.726 e. The zero-order valence-corrected chi connectivity index (χ0v) is 18.2. The van der Waals surface area contributed by atoms with Crippen molar-refractivity contribution < 1.29 is 22.1 Å². The summed E-state index contributed by atoms with van der Waals surface area (Å²) in [5.41, 5.74) is 6.46. The van der Waals surface area contributed by atoms with Gasteiger partial charge in [0, 0.05) is 35.5 Å². The number of anilines is 1. The van der Waals surface area contributed by atoms with Crippen molar-refractivity contribution in [2.45, 2.75) is 18.7 Å². The molecule has 0 bridgehead atoms. The van der Waals surface area contributed by atoms with Crippen molar-refractivity contribution in [3.8, 4) is 0 Å². The van der Waals surface area contributed by atoms with Crippen LogP contribution in [0.4, 0.5) is 5.69 Å². The highest BCUT2D eigenvalue weighted by Gasteiger charge is 2.25. The van der Waals surface area contributed by atoms with Gasteiger partial charge in [0.25, 0.3) is 0 Å². The molecule has 29 heavy (non-hydrogen) atoms. The van der Waals surface area contributed by atoms with Gasteiger partial charge < -0.3 is 9.45 Å². The minimum atomic E-state index is -4.92. The third kappa shape index (κ3) is 4.97. The summed E-state index contributed by atoms with van der Waals surface area (Å²) in [4.78, 5) is 3.66. The number of hydrogen-bond donors (Lipinski definition) is 1. The lowest BCUT2D eigenvalue weighted by molar-refractivity contribution is -0.646. The normalized spacial score (nSPS) is 14.7. The van der Waals surface area contributed by atoms with Crippen molar-refractivity contribution in [1.82, 2.24) is 0 Å². The summed E-state index contributed by atoms with van der Waals surface area (Å²) in [6.45, 7) is 4.36. The lowest BCUT2D eigenvalue weighted by atomic mass is 10.1. The van der Waals surface area contributed by atoms with Gasteiger partial charge >= 0.3 is 0 Å². The first-order chi connectivity index (χ1) is 13.5. The molecule has 0 aliphatic carbocycles. The van der Waals surface area contributed by atoms with Crippen LogP contribution in [-0.4, -0.2) is 24.6 Å². The van der Waals surface area contributed by atoms with Crippen LogP contribution in [0.5, 0.6) is 0 Å². The summed E-state index contributed by atoms with van der Waals surface area (Å²) in [6, 6.07) is 17.4. The summed E-state index contributed by atoms with van der Waals surface area (Å²) in [6.07, 6.45) is 2.28. The van der Waals surface area contributed by atoms with Gasteiger partial charge in [-0.2, -0.15) is 4.57 Å². The Morgan fingerprint density at radius 1 is 1.14 bits per heavy atom. The maximum Gasteiger partial charge on any atom is 0.215 e. The summed E-state index contributed by atoms with van der Waals surface area (Å²) in [5, 5.41) is 2.54. The number of thioether (sulfide) groups is 1. The molecule has 0 radical (unpaired) electrons. The maximum atomic E-state index is 8.63. The van der Waals surface area contributed by atoms with Crippen molar-refractivity contribution in [2.75, 3.05) is 11.9 Å². The van der Waals surface area contributed by atoms with Gasteiger partial charge in [0.1, 0.15) is 7.05 Å². The molecule has 0 amide bonds. The number of nitrogens with zero attached hydrogens (tertiary/aromatic N) is 2. The number of hydrogen-bond acceptors (Lipinski definition) is 5. The second-order valence-electron chi connectivity index (χ2n) is 6.88. The van der Waals surface area contributed by atoms with Crippen LogP contribution in [0.2, 0.25) is 0 Å². The van der Waals surface area contributed by atoms with Gasteiger partial charge in [0.15, 0.2) is 0 Å². The van der Waals surface area contributed by atoms with Crippen LogP contribution in [-0.2, 0) is 17.4 Å². The molecule has 0 saturated carbocycles. The fraction of sp³-hybridized carbons (Fsp3) is 0.190. The molecule has 1 aliphatic heterocycles. The molecule has 6 nitrogen and oxygen atoms in total. The Hall–Kier alpha value is -2.39. The Balaban J connectivity index is 0.000000431. The molecular formula is C21H22N2O4S2. The zero-order chi connectivity index (χ0) is 21.3. The molecule has 1 aromatic heterocycles. The van der Waals surface area contributed by atoms with Crippen LogP contribution in [0.3, 0.4) is 0 Å². The average molecular weight is 431 g/mol. The highest BCUT2D eigenvalue weighted by atomic mass is 32.3. The lowest BCUT2D eigenvalue weighted by Crippen LogP contribution is -2.32. The Kier molecular flexibility index (Phi) is 6.00. The topological polar surface area (TPSA) is 84.6 Å². The zero-order valence-electron chi connectivity index (χ0n) is 16.6. The summed E-state index contributed by atoms with van der Waals surface area (Å²) >= 11 is 1.86. The third-order valence-electron chi connectivity index (χ3n) is 4.68. The van der Waals surface area contributed by atoms with E-state index >= 15 is 0 Å². The second-order valence-corrected chi connectivity index (χ2v) is 8.79. The monoisotopic (exact) mass is 430 g/mol. The SMILES string of the molecule is Cc1cc(C)c2c(c1)S/C(=C\c1ccc3ccccc3[n+]1C)N2C.O=S(=O)([O-])O. The molecule has 0 spiro atoms. The molecule has 0 atom stereocenters. The number of rotatable bonds is 1. The standard InChI is InChI=1S/C21H21N2S.H2O4S/c1-14-11-15(2)21-19(12-14)24-20(23(21)4)13-17-10-9-16-7-5-6-8-18(16)22(17)3;1-5(2,3)4/h5-13H,1-4H3;(H2,1,2,3,4)/q+1;/p-1. The second kappa shape index (κ2) is 8.16. The van der Waals surface area contributed by atoms with E-state index in [1.165, 1.54) is 43.3 Å². The molecule has 1 N–H and O–H groups in total. The smallest absolute Gasteiger partial charge is 0.215 e. The first-order valence-electron chi connectivity index (χ1n) is 8.85. The summed E-state index contributed by atoms with van der Waals surface area (Å²) in [7, 11) is -0.620. The number of fused-ring (bicyclic) bond motifs is 2. The molecule has 0 unspecified atom stereocenters. The summed E-state index contributed by atoms with van der Waals surface area (Å²) in [5.74, 6) is 0. The molecule has 8 heteroatoms. The minimum Gasteiger partial charge on any atom is -0.726 e. The maximum absolute atomic E-state index is 8.63. The number of para-hydroxylation sites is 1. The van der Waals surface area contributed by atoms with Gasteiger partial charge in [-0.1, -0.05) is 30.0 Å². The highest BCUT2D eigenvalue weighted by Crippen LogP contribution is 2.47. The van der Waals surface area contributed by atoms with Crippen molar-refractivity contribution >= 4 is 44.8 Å². The quantitative estimate of drug-likeness (QED) is 0.359. The fourth-order valence-corrected chi connectivity index (χ4v) is 4.75. The van der Waals surface area contributed by atoms with Crippen molar-refractivity contribution in [2.24, 2.45) is 7.05 Å². The van der Waals surface area contributed by atoms with Crippen LogP contribution >= 0.6 is 11.8 Å². The minimum absolute atomic E-state index is 1.21. The molecule has 2 aromatic carbocycles. The van der Waals surface area contributed by atoms with Gasteiger partial charge in [-0.3, -0.25) is 4.55 Å². The number of pyridine rings is 1. The van der Waals surface area contributed by atoms with E-state index in [0.717, 1.165) is 0 Å². The molecular weight excluding hydrogens is 408 g/mol. The summed E-state index contributed by atoms with van der Waals surface area (Å²) < 4.78 is 35.1. The van der Waals surface area contributed by atoms with E-state index in [4.69, 9.17) is 17.5 Å². The molecule has 3 aromatic rings. The molecule has 152 valence electrons. The van der Waals surface area contributed by atoms with E-state index in [1.807, 2.05) is 11.8 Å². The highest BCUT2D eigenvalue weighted by molar-refractivity contribution is 8.03. The van der Waals surface area contributed by atoms with E-state index in [2.05, 4.69) is 92.0 Å². The first-order valence-corrected chi connectivity index (χ1v) is 11.0. The van der Waals surface area contributed by atoms with Crippen LogP contribution in [0.25, 0.3) is 17.0 Å². The average Bonchev–Trinajstić information content (AvgIpc) is 2.92. The molecule has 0 fully saturated rings. The molecule has 0 saturated heterocycles. The molecule has 1 aliphatic rings. The van der Waals surface area contributed by atoms with E-state index in [1.54, 1.807) is 0 Å². The third-order valence-corrected chi connectivity index (χ3v) is 5.81. The predicted octanol–water partition coefficient (Wildman–Crippen LogP) is 3.83. The Morgan fingerprint density at radius 2 is 1.79 bits per heavy atom. The van der Waals surface area contributed by atoms with Crippen molar-refractivity contribution in [1.29, 1.82) is 0 Å². The van der Waals surface area contributed by atoms with Gasteiger partial charge in [0.2, 0.25) is 21.6 Å². The molecule has 2 heterocycles. The Labute approximate surface area is 175 Å². The van der Waals surface area contributed by atoms with Crippen molar-refractivity contribution in [3.63, 3.8) is 0 Å². The Morgan fingerprint density at radius 3 is 2.48 bits per heavy atom. The fourth-order valence-electron chi connectivity index (χ4n) is 3.48. The van der Waals surface area contributed by atoms with Gasteiger partial charge in [-0.05, 0) is 43.2 Å². The molecule has 4 rings (SSSR count). The first kappa shape index (κ1) is 21.3. The van der Waals surface area contributed by atoms with Crippen LogP contribution in [0, 0.1) is 13.8 Å².